The van der Waals surface area contributed by atoms with Crippen molar-refractivity contribution in [2.75, 3.05) is 32.5 Å². The molecule has 1 aromatic rings. The lowest BCUT2D eigenvalue weighted by Crippen LogP contribution is -2.52. The van der Waals surface area contributed by atoms with Crippen molar-refractivity contribution in [3.05, 3.63) is 23.2 Å². The fourth-order valence-corrected chi connectivity index (χ4v) is 3.21. The van der Waals surface area contributed by atoms with Crippen LogP contribution in [0.3, 0.4) is 0 Å². The number of amides is 1. The lowest BCUT2D eigenvalue weighted by molar-refractivity contribution is -0.242. The molecule has 3 N–H and O–H groups in total. The van der Waals surface area contributed by atoms with Gasteiger partial charge in [-0.3, -0.25) is 4.79 Å². The van der Waals surface area contributed by atoms with Gasteiger partial charge in [-0.25, -0.2) is 13.1 Å². The van der Waals surface area contributed by atoms with Crippen molar-refractivity contribution in [3.63, 3.8) is 0 Å². The molecule has 0 saturated heterocycles. The van der Waals surface area contributed by atoms with Crippen LogP contribution in [0.4, 0.5) is 18.9 Å². The van der Waals surface area contributed by atoms with E-state index >= 15 is 0 Å². The minimum Gasteiger partial charge on any atom is -0.373 e. The van der Waals surface area contributed by atoms with Crippen LogP contribution < -0.4 is 10.0 Å². The summed E-state index contributed by atoms with van der Waals surface area (Å²) >= 11 is 5.87. The maximum Gasteiger partial charge on any atom is 0.426 e. The number of benzene rings is 1. The Morgan fingerprint density at radius 3 is 2.37 bits per heavy atom. The zero-order valence-corrected chi connectivity index (χ0v) is 16.5. The van der Waals surface area contributed by atoms with Crippen molar-refractivity contribution in [2.45, 2.75) is 30.0 Å². The van der Waals surface area contributed by atoms with Gasteiger partial charge in [0.05, 0.1) is 15.6 Å². The first-order chi connectivity index (χ1) is 12.2. The molecule has 1 rings (SSSR count). The normalized spacial score (nSPS) is 14.9. The molecule has 27 heavy (non-hydrogen) atoms. The molecule has 0 spiro atoms. The lowest BCUT2D eigenvalue weighted by Gasteiger charge is -2.25. The smallest absolute Gasteiger partial charge is 0.373 e. The van der Waals surface area contributed by atoms with Gasteiger partial charge in [-0.05, 0) is 52.2 Å². The van der Waals surface area contributed by atoms with Crippen LogP contribution in [-0.4, -0.2) is 63.3 Å². The minimum absolute atomic E-state index is 0.186. The molecule has 0 heterocycles. The maximum atomic E-state index is 12.7. The molecule has 0 bridgehead atoms. The molecule has 7 nitrogen and oxygen atoms in total. The predicted octanol–water partition coefficient (Wildman–Crippen LogP) is 1.82. The van der Waals surface area contributed by atoms with E-state index < -0.39 is 27.7 Å². The monoisotopic (exact) mass is 431 g/mol. The summed E-state index contributed by atoms with van der Waals surface area (Å²) in [5, 5.41) is 10.9. The van der Waals surface area contributed by atoms with Crippen molar-refractivity contribution < 1.29 is 31.5 Å². The number of rotatable bonds is 8. The first kappa shape index (κ1) is 23.6. The third-order valence-corrected chi connectivity index (χ3v) is 5.34. The highest BCUT2D eigenvalue weighted by atomic mass is 35.5. The third-order valence-electron chi connectivity index (χ3n) is 3.57. The highest BCUT2D eigenvalue weighted by Gasteiger charge is 2.55. The van der Waals surface area contributed by atoms with Crippen LogP contribution in [-0.2, 0) is 14.8 Å². The Balaban J connectivity index is 2.89. The Morgan fingerprint density at radius 2 is 1.89 bits per heavy atom. The van der Waals surface area contributed by atoms with E-state index in [1.54, 1.807) is 0 Å². The van der Waals surface area contributed by atoms with Gasteiger partial charge in [0.1, 0.15) is 0 Å². The van der Waals surface area contributed by atoms with E-state index in [4.69, 9.17) is 11.6 Å². The molecule has 0 aliphatic rings. The number of sulfonamides is 1. The van der Waals surface area contributed by atoms with Crippen LogP contribution in [0, 0.1) is 0 Å². The fraction of sp³-hybridized carbons (Fsp3) is 0.533. The molecule has 0 aromatic heterocycles. The third kappa shape index (κ3) is 6.32. The lowest BCUT2D eigenvalue weighted by atomic mass is 10.1. The average molecular weight is 432 g/mol. The molecule has 1 atom stereocenters. The van der Waals surface area contributed by atoms with Crippen molar-refractivity contribution in [1.82, 2.24) is 9.62 Å². The van der Waals surface area contributed by atoms with E-state index in [1.807, 2.05) is 24.3 Å². The Kier molecular flexibility index (Phi) is 7.65. The van der Waals surface area contributed by atoms with Crippen LogP contribution in [0.5, 0.6) is 0 Å². The molecular formula is C15H21ClF3N3O4S. The standard InChI is InChI=1S/C15H21ClF3N3O4S/c1-14(24,15(17,18)19)13(23)21-12-6-5-10(9-11(12)16)27(25,26)20-7-4-8-22(2)3/h5-6,9,20,24H,4,7-8H2,1-3H3,(H,21,23). The summed E-state index contributed by atoms with van der Waals surface area (Å²) in [4.78, 5) is 13.3. The molecule has 1 aromatic carbocycles. The van der Waals surface area contributed by atoms with Crippen LogP contribution in [0.15, 0.2) is 23.1 Å². The number of anilines is 1. The minimum atomic E-state index is -5.19. The van der Waals surface area contributed by atoms with E-state index in [0.29, 0.717) is 19.9 Å². The molecule has 154 valence electrons. The van der Waals surface area contributed by atoms with Gasteiger partial charge in [-0.15, -0.1) is 0 Å². The van der Waals surface area contributed by atoms with Crippen molar-refractivity contribution in [2.24, 2.45) is 0 Å². The number of hydrogen-bond donors (Lipinski definition) is 3. The molecule has 1 unspecified atom stereocenters. The molecule has 0 saturated carbocycles. The van der Waals surface area contributed by atoms with Gasteiger partial charge in [0.25, 0.3) is 5.91 Å². The second kappa shape index (κ2) is 8.74. The van der Waals surface area contributed by atoms with Gasteiger partial charge >= 0.3 is 6.18 Å². The average Bonchev–Trinajstić information content (AvgIpc) is 2.52. The zero-order chi connectivity index (χ0) is 21.0. The molecule has 1 amide bonds. The molecule has 0 radical (unpaired) electrons. The highest BCUT2D eigenvalue weighted by molar-refractivity contribution is 7.89. The second-order valence-corrected chi connectivity index (χ2v) is 8.39. The topological polar surface area (TPSA) is 98.7 Å². The summed E-state index contributed by atoms with van der Waals surface area (Å²) < 4.78 is 64.8. The van der Waals surface area contributed by atoms with Crippen LogP contribution in [0.2, 0.25) is 5.02 Å². The molecular weight excluding hydrogens is 411 g/mol. The summed E-state index contributed by atoms with van der Waals surface area (Å²) in [6.07, 6.45) is -4.62. The number of halogens is 4. The molecule has 0 aliphatic heterocycles. The van der Waals surface area contributed by atoms with E-state index in [0.717, 1.165) is 18.2 Å². The molecule has 0 fully saturated rings. The van der Waals surface area contributed by atoms with Gasteiger partial charge in [0.2, 0.25) is 15.6 Å². The zero-order valence-electron chi connectivity index (χ0n) is 14.9. The first-order valence-electron chi connectivity index (χ1n) is 7.73. The van der Waals surface area contributed by atoms with Gasteiger partial charge in [-0.2, -0.15) is 13.2 Å². The van der Waals surface area contributed by atoms with Gasteiger partial charge in [0.15, 0.2) is 0 Å². The second-order valence-electron chi connectivity index (χ2n) is 6.22. The van der Waals surface area contributed by atoms with Crippen LogP contribution in [0.25, 0.3) is 0 Å². The summed E-state index contributed by atoms with van der Waals surface area (Å²) in [7, 11) is -0.183. The number of nitrogens with one attached hydrogen (secondary N) is 2. The predicted molar refractivity (Wildman–Crippen MR) is 95.1 cm³/mol. The van der Waals surface area contributed by atoms with E-state index in [1.165, 1.54) is 0 Å². The number of carbonyl (C=O) groups is 1. The fourth-order valence-electron chi connectivity index (χ4n) is 1.82. The van der Waals surface area contributed by atoms with Gasteiger partial charge < -0.3 is 15.3 Å². The number of aliphatic hydroxyl groups is 1. The van der Waals surface area contributed by atoms with Crippen LogP contribution in [0.1, 0.15) is 13.3 Å². The van der Waals surface area contributed by atoms with E-state index in [-0.39, 0.29) is 22.2 Å². The number of hydrogen-bond acceptors (Lipinski definition) is 5. The van der Waals surface area contributed by atoms with Gasteiger partial charge in [-0.1, -0.05) is 11.6 Å². The SMILES string of the molecule is CN(C)CCCNS(=O)(=O)c1ccc(NC(=O)C(C)(O)C(F)(F)F)c(Cl)c1. The Bertz CT molecular complexity index is 783. The first-order valence-corrected chi connectivity index (χ1v) is 9.59. The van der Waals surface area contributed by atoms with Crippen molar-refractivity contribution >= 4 is 33.2 Å². The summed E-state index contributed by atoms with van der Waals surface area (Å²) in [6, 6.07) is 3.12. The van der Waals surface area contributed by atoms with Gasteiger partial charge in [0, 0.05) is 6.54 Å². The molecule has 12 heteroatoms. The largest absolute Gasteiger partial charge is 0.426 e. The van der Waals surface area contributed by atoms with E-state index in [2.05, 4.69) is 4.72 Å². The summed E-state index contributed by atoms with van der Waals surface area (Å²) in [5.74, 6) is -1.74. The summed E-state index contributed by atoms with van der Waals surface area (Å²) in [6.45, 7) is 1.16. The quantitative estimate of drug-likeness (QED) is 0.545. The Labute approximate surface area is 160 Å². The number of nitrogens with zero attached hydrogens (tertiary/aromatic N) is 1. The molecule has 0 aliphatic carbocycles. The Morgan fingerprint density at radius 1 is 1.30 bits per heavy atom. The Hall–Kier alpha value is -1.40. The number of carbonyl (C=O) groups excluding carboxylic acids is 1. The number of alkyl halides is 3. The maximum absolute atomic E-state index is 12.7. The van der Waals surface area contributed by atoms with E-state index in [9.17, 15) is 31.5 Å². The van der Waals surface area contributed by atoms with Crippen molar-refractivity contribution in [3.8, 4) is 0 Å². The highest BCUT2D eigenvalue weighted by Crippen LogP contribution is 2.32. The van der Waals surface area contributed by atoms with Crippen LogP contribution >= 0.6 is 11.6 Å². The summed E-state index contributed by atoms with van der Waals surface area (Å²) in [5.41, 5.74) is -3.90. The van der Waals surface area contributed by atoms with Crippen molar-refractivity contribution in [1.29, 1.82) is 0 Å².